The maximum Gasteiger partial charge on any atom is 0.222 e. The SMILES string of the molecule is CC(CO)N(C)C(=O)CCc1cccc(N)c1. The van der Waals surface area contributed by atoms with E-state index in [9.17, 15) is 4.79 Å². The molecule has 0 aliphatic heterocycles. The van der Waals surface area contributed by atoms with E-state index < -0.39 is 0 Å². The van der Waals surface area contributed by atoms with Crippen LogP contribution in [0.2, 0.25) is 0 Å². The molecule has 0 saturated carbocycles. The maximum absolute atomic E-state index is 11.8. The molecule has 1 aromatic rings. The summed E-state index contributed by atoms with van der Waals surface area (Å²) in [4.78, 5) is 13.4. The molecule has 4 nitrogen and oxygen atoms in total. The Labute approximate surface area is 102 Å². The van der Waals surface area contributed by atoms with Gasteiger partial charge in [-0.3, -0.25) is 4.79 Å². The standard InChI is InChI=1S/C13H20N2O2/c1-10(9-16)15(2)13(17)7-6-11-4-3-5-12(14)8-11/h3-5,8,10,16H,6-7,9,14H2,1-2H3. The number of nitrogen functional groups attached to an aromatic ring is 1. The van der Waals surface area contributed by atoms with Crippen LogP contribution in [-0.2, 0) is 11.2 Å². The Balaban J connectivity index is 2.48. The van der Waals surface area contributed by atoms with Gasteiger partial charge in [0.15, 0.2) is 0 Å². The lowest BCUT2D eigenvalue weighted by molar-refractivity contribution is -0.132. The van der Waals surface area contributed by atoms with Crippen molar-refractivity contribution in [2.75, 3.05) is 19.4 Å². The van der Waals surface area contributed by atoms with Crippen molar-refractivity contribution >= 4 is 11.6 Å². The predicted octanol–water partition coefficient (Wildman–Crippen LogP) is 1.04. The van der Waals surface area contributed by atoms with Gasteiger partial charge in [-0.2, -0.15) is 0 Å². The summed E-state index contributed by atoms with van der Waals surface area (Å²) in [7, 11) is 1.71. The van der Waals surface area contributed by atoms with E-state index in [1.54, 1.807) is 11.9 Å². The first-order chi connectivity index (χ1) is 8.04. The van der Waals surface area contributed by atoms with Crippen molar-refractivity contribution in [3.05, 3.63) is 29.8 Å². The van der Waals surface area contributed by atoms with Crippen molar-refractivity contribution in [1.29, 1.82) is 0 Å². The maximum atomic E-state index is 11.8. The van der Waals surface area contributed by atoms with Gasteiger partial charge in [-0.05, 0) is 31.0 Å². The normalized spacial score (nSPS) is 12.2. The number of carbonyl (C=O) groups excluding carboxylic acids is 1. The third-order valence-electron chi connectivity index (χ3n) is 2.90. The van der Waals surface area contributed by atoms with E-state index in [-0.39, 0.29) is 18.6 Å². The van der Waals surface area contributed by atoms with Crippen LogP contribution in [-0.4, -0.2) is 35.6 Å². The van der Waals surface area contributed by atoms with Crippen LogP contribution < -0.4 is 5.73 Å². The molecule has 1 atom stereocenters. The number of anilines is 1. The van der Waals surface area contributed by atoms with Crippen molar-refractivity contribution < 1.29 is 9.90 Å². The average Bonchev–Trinajstić information content (AvgIpc) is 2.34. The lowest BCUT2D eigenvalue weighted by Crippen LogP contribution is -2.37. The van der Waals surface area contributed by atoms with E-state index >= 15 is 0 Å². The van der Waals surface area contributed by atoms with Crippen LogP contribution in [0.15, 0.2) is 24.3 Å². The first-order valence-corrected chi connectivity index (χ1v) is 5.75. The number of rotatable bonds is 5. The second-order valence-corrected chi connectivity index (χ2v) is 4.28. The van der Waals surface area contributed by atoms with Gasteiger partial charge in [-0.15, -0.1) is 0 Å². The van der Waals surface area contributed by atoms with Gasteiger partial charge in [0.2, 0.25) is 5.91 Å². The number of aliphatic hydroxyl groups is 1. The Morgan fingerprint density at radius 2 is 2.24 bits per heavy atom. The summed E-state index contributed by atoms with van der Waals surface area (Å²) in [5.74, 6) is 0.0361. The summed E-state index contributed by atoms with van der Waals surface area (Å²) in [5.41, 5.74) is 7.44. The Hall–Kier alpha value is -1.55. The number of carbonyl (C=O) groups is 1. The van der Waals surface area contributed by atoms with Gasteiger partial charge >= 0.3 is 0 Å². The summed E-state index contributed by atoms with van der Waals surface area (Å²) in [5, 5.41) is 8.97. The van der Waals surface area contributed by atoms with Crippen molar-refractivity contribution in [2.24, 2.45) is 0 Å². The molecule has 17 heavy (non-hydrogen) atoms. The number of amides is 1. The zero-order valence-electron chi connectivity index (χ0n) is 10.4. The van der Waals surface area contributed by atoms with Crippen LogP contribution in [0.4, 0.5) is 5.69 Å². The summed E-state index contributed by atoms with van der Waals surface area (Å²) in [6.45, 7) is 1.80. The highest BCUT2D eigenvalue weighted by Crippen LogP contribution is 2.10. The highest BCUT2D eigenvalue weighted by atomic mass is 16.3. The molecule has 0 aliphatic carbocycles. The van der Waals surface area contributed by atoms with Crippen LogP contribution in [0.1, 0.15) is 18.9 Å². The van der Waals surface area contributed by atoms with Crippen LogP contribution >= 0.6 is 0 Å². The first-order valence-electron chi connectivity index (χ1n) is 5.75. The minimum atomic E-state index is -0.136. The van der Waals surface area contributed by atoms with Gasteiger partial charge in [0.05, 0.1) is 12.6 Å². The van der Waals surface area contributed by atoms with Crippen molar-refractivity contribution in [1.82, 2.24) is 4.90 Å². The second kappa shape index (κ2) is 6.25. The molecular formula is C13H20N2O2. The highest BCUT2D eigenvalue weighted by molar-refractivity contribution is 5.76. The second-order valence-electron chi connectivity index (χ2n) is 4.28. The molecule has 0 saturated heterocycles. The fraction of sp³-hybridized carbons (Fsp3) is 0.462. The predicted molar refractivity (Wildman–Crippen MR) is 68.5 cm³/mol. The quantitative estimate of drug-likeness (QED) is 0.751. The smallest absolute Gasteiger partial charge is 0.222 e. The lowest BCUT2D eigenvalue weighted by atomic mass is 10.1. The van der Waals surface area contributed by atoms with E-state index in [0.29, 0.717) is 18.5 Å². The fourth-order valence-corrected chi connectivity index (χ4v) is 1.54. The molecule has 0 aliphatic rings. The average molecular weight is 236 g/mol. The van der Waals surface area contributed by atoms with E-state index in [2.05, 4.69) is 0 Å². The molecule has 0 heterocycles. The van der Waals surface area contributed by atoms with Crippen molar-refractivity contribution in [3.63, 3.8) is 0 Å². The summed E-state index contributed by atoms with van der Waals surface area (Å²) in [6, 6.07) is 7.41. The Kier molecular flexibility index (Phi) is 4.97. The highest BCUT2D eigenvalue weighted by Gasteiger charge is 2.14. The van der Waals surface area contributed by atoms with E-state index in [1.807, 2.05) is 31.2 Å². The molecule has 1 rings (SSSR count). The zero-order valence-corrected chi connectivity index (χ0v) is 10.4. The number of nitrogens with two attached hydrogens (primary N) is 1. The number of hydrogen-bond acceptors (Lipinski definition) is 3. The Bertz CT molecular complexity index is 379. The minimum Gasteiger partial charge on any atom is -0.399 e. The third kappa shape index (κ3) is 4.07. The molecule has 94 valence electrons. The summed E-state index contributed by atoms with van der Waals surface area (Å²) >= 11 is 0. The molecule has 0 radical (unpaired) electrons. The Morgan fingerprint density at radius 3 is 2.82 bits per heavy atom. The Morgan fingerprint density at radius 1 is 1.53 bits per heavy atom. The van der Waals surface area contributed by atoms with E-state index in [0.717, 1.165) is 5.56 Å². The van der Waals surface area contributed by atoms with E-state index in [4.69, 9.17) is 10.8 Å². The lowest BCUT2D eigenvalue weighted by Gasteiger charge is -2.23. The van der Waals surface area contributed by atoms with Crippen molar-refractivity contribution in [2.45, 2.75) is 25.8 Å². The molecule has 0 aromatic heterocycles. The van der Waals surface area contributed by atoms with Gasteiger partial charge in [0.1, 0.15) is 0 Å². The van der Waals surface area contributed by atoms with Gasteiger partial charge in [-0.1, -0.05) is 12.1 Å². The number of hydrogen-bond donors (Lipinski definition) is 2. The molecule has 0 spiro atoms. The number of nitrogens with zero attached hydrogens (tertiary/aromatic N) is 1. The largest absolute Gasteiger partial charge is 0.399 e. The zero-order chi connectivity index (χ0) is 12.8. The number of aryl methyl sites for hydroxylation is 1. The molecule has 1 aromatic carbocycles. The van der Waals surface area contributed by atoms with Crippen molar-refractivity contribution in [3.8, 4) is 0 Å². The molecular weight excluding hydrogens is 216 g/mol. The van der Waals surface area contributed by atoms with Gasteiger partial charge in [-0.25, -0.2) is 0 Å². The van der Waals surface area contributed by atoms with Gasteiger partial charge in [0.25, 0.3) is 0 Å². The van der Waals surface area contributed by atoms with Crippen LogP contribution in [0, 0.1) is 0 Å². The number of benzene rings is 1. The van der Waals surface area contributed by atoms with E-state index in [1.165, 1.54) is 0 Å². The summed E-state index contributed by atoms with van der Waals surface area (Å²) in [6.07, 6.45) is 1.11. The number of likely N-dealkylation sites (N-methyl/N-ethyl adjacent to an activating group) is 1. The monoisotopic (exact) mass is 236 g/mol. The molecule has 3 N–H and O–H groups in total. The van der Waals surface area contributed by atoms with Crippen LogP contribution in [0.5, 0.6) is 0 Å². The minimum absolute atomic E-state index is 0.0134. The first kappa shape index (κ1) is 13.5. The number of aliphatic hydroxyl groups excluding tert-OH is 1. The van der Waals surface area contributed by atoms with Gasteiger partial charge < -0.3 is 15.7 Å². The fourth-order valence-electron chi connectivity index (χ4n) is 1.54. The molecule has 0 bridgehead atoms. The molecule has 0 fully saturated rings. The third-order valence-corrected chi connectivity index (χ3v) is 2.90. The topological polar surface area (TPSA) is 66.6 Å². The molecule has 1 amide bonds. The molecule has 1 unspecified atom stereocenters. The van der Waals surface area contributed by atoms with Gasteiger partial charge in [0, 0.05) is 19.2 Å². The summed E-state index contributed by atoms with van der Waals surface area (Å²) < 4.78 is 0. The van der Waals surface area contributed by atoms with Crippen LogP contribution in [0.3, 0.4) is 0 Å². The van der Waals surface area contributed by atoms with Crippen LogP contribution in [0.25, 0.3) is 0 Å². The molecule has 4 heteroatoms.